The summed E-state index contributed by atoms with van der Waals surface area (Å²) in [6.45, 7) is 8.86. The first-order valence-corrected chi connectivity index (χ1v) is 16.6. The monoisotopic (exact) mass is 611 g/mol. The van der Waals surface area contributed by atoms with Gasteiger partial charge >= 0.3 is 5.97 Å². The van der Waals surface area contributed by atoms with Gasteiger partial charge in [0.25, 0.3) is 0 Å². The topological polar surface area (TPSA) is 107 Å². The van der Waals surface area contributed by atoms with Crippen molar-refractivity contribution in [3.63, 3.8) is 0 Å². The predicted octanol–water partition coefficient (Wildman–Crippen LogP) is 4.27. The van der Waals surface area contributed by atoms with Crippen LogP contribution < -0.4 is 9.64 Å². The summed E-state index contributed by atoms with van der Waals surface area (Å²) in [6.07, 6.45) is 5.02. The number of benzene rings is 2. The molecule has 1 aromatic heterocycles. The second-order valence-corrected chi connectivity index (χ2v) is 13.1. The van der Waals surface area contributed by atoms with Crippen molar-refractivity contribution in [2.24, 2.45) is 0 Å². The van der Waals surface area contributed by atoms with Crippen molar-refractivity contribution in [3.05, 3.63) is 60.3 Å². The molecule has 1 fully saturated rings. The number of aromatic nitrogens is 1. The summed E-state index contributed by atoms with van der Waals surface area (Å²) in [5.74, 6) is -0.581. The zero-order chi connectivity index (χ0) is 30.8. The van der Waals surface area contributed by atoms with Crippen LogP contribution >= 0.6 is 0 Å². The quantitative estimate of drug-likeness (QED) is 0.238. The lowest BCUT2D eigenvalue weighted by molar-refractivity contribution is 0.0696. The van der Waals surface area contributed by atoms with Crippen LogP contribution in [0.1, 0.15) is 43.0 Å². The number of piperazine rings is 1. The van der Waals surface area contributed by atoms with Crippen LogP contribution in [-0.2, 0) is 10.0 Å². The van der Waals surface area contributed by atoms with E-state index in [2.05, 4.69) is 21.7 Å². The molecule has 0 atom stereocenters. The zero-order valence-corrected chi connectivity index (χ0v) is 26.4. The fraction of sp³-hybridized carbons (Fsp3) is 0.500. The average Bonchev–Trinajstić information content (AvgIpc) is 3.01. The molecule has 0 amide bonds. The number of fused-ring (bicyclic) bond motifs is 1. The molecule has 0 saturated carbocycles. The Labute approximate surface area is 255 Å². The molecular weight excluding hydrogens is 566 g/mol. The van der Waals surface area contributed by atoms with Crippen LogP contribution in [0.15, 0.2) is 59.6 Å². The van der Waals surface area contributed by atoms with E-state index in [4.69, 9.17) is 9.84 Å². The third-order valence-corrected chi connectivity index (χ3v) is 9.91. The third-order valence-electron chi connectivity index (χ3n) is 7.95. The van der Waals surface area contributed by atoms with Gasteiger partial charge in [-0.05, 0) is 31.0 Å². The number of anilines is 1. The second-order valence-electron chi connectivity index (χ2n) is 11.2. The molecule has 234 valence electrons. The van der Waals surface area contributed by atoms with E-state index >= 15 is 0 Å². The summed E-state index contributed by atoms with van der Waals surface area (Å²) < 4.78 is 35.5. The minimum absolute atomic E-state index is 0.138. The van der Waals surface area contributed by atoms with Crippen LogP contribution in [-0.4, -0.2) is 112 Å². The van der Waals surface area contributed by atoms with Crippen molar-refractivity contribution >= 4 is 32.5 Å². The largest absolute Gasteiger partial charge is 0.478 e. The minimum atomic E-state index is -3.68. The molecule has 0 radical (unpaired) electrons. The summed E-state index contributed by atoms with van der Waals surface area (Å²) in [7, 11) is 0.272. The van der Waals surface area contributed by atoms with Crippen LogP contribution in [0.4, 0.5) is 5.69 Å². The molecule has 43 heavy (non-hydrogen) atoms. The highest BCUT2D eigenvalue weighted by Crippen LogP contribution is 2.32. The van der Waals surface area contributed by atoms with Gasteiger partial charge in [0.2, 0.25) is 15.9 Å². The molecule has 0 spiro atoms. The van der Waals surface area contributed by atoms with Crippen LogP contribution in [0.25, 0.3) is 10.8 Å². The highest BCUT2D eigenvalue weighted by molar-refractivity contribution is 7.89. The van der Waals surface area contributed by atoms with Crippen molar-refractivity contribution in [1.29, 1.82) is 0 Å². The molecular formula is C32H45N5O5S. The Hall–Kier alpha value is -3.25. The Morgan fingerprint density at radius 2 is 1.60 bits per heavy atom. The summed E-state index contributed by atoms with van der Waals surface area (Å²) in [4.78, 5) is 22.1. The summed E-state index contributed by atoms with van der Waals surface area (Å²) in [5, 5.41) is 10.7. The number of carbonyl (C=O) groups is 1. The van der Waals surface area contributed by atoms with Crippen LogP contribution in [0.2, 0.25) is 0 Å². The highest BCUT2D eigenvalue weighted by Gasteiger charge is 2.28. The van der Waals surface area contributed by atoms with Gasteiger partial charge in [0.1, 0.15) is 0 Å². The molecule has 4 rings (SSSR count). The lowest BCUT2D eigenvalue weighted by Crippen LogP contribution is -2.49. The van der Waals surface area contributed by atoms with Crippen LogP contribution in [0, 0.1) is 0 Å². The van der Waals surface area contributed by atoms with E-state index in [-0.39, 0.29) is 5.56 Å². The van der Waals surface area contributed by atoms with Gasteiger partial charge < -0.3 is 19.6 Å². The first kappa shape index (κ1) is 32.7. The molecule has 0 aliphatic carbocycles. The Bertz CT molecular complexity index is 1440. The molecule has 1 saturated heterocycles. The summed E-state index contributed by atoms with van der Waals surface area (Å²) in [6, 6.07) is 14.5. The Morgan fingerprint density at radius 1 is 0.907 bits per heavy atom. The van der Waals surface area contributed by atoms with Crippen molar-refractivity contribution in [2.45, 2.75) is 37.5 Å². The molecule has 1 aliphatic heterocycles. The number of carboxylic acid groups (broad SMARTS) is 1. The highest BCUT2D eigenvalue weighted by atomic mass is 32.2. The maximum atomic E-state index is 14.1. The van der Waals surface area contributed by atoms with E-state index in [0.717, 1.165) is 74.9 Å². The molecule has 11 heteroatoms. The van der Waals surface area contributed by atoms with Crippen LogP contribution in [0.3, 0.4) is 0 Å². The molecule has 2 aromatic carbocycles. The SMILES string of the molecule is CCCCCN(CCN1CCN(CCCOc2ccc(C(=O)O)cn2)CC1)S(=O)(=O)c1ccc(N(C)C)c2ccccc12. The molecule has 1 aliphatic rings. The molecule has 0 unspecified atom stereocenters. The van der Waals surface area contributed by atoms with Gasteiger partial charge in [-0.2, -0.15) is 4.31 Å². The Kier molecular flexibility index (Phi) is 11.7. The third kappa shape index (κ3) is 8.66. The van der Waals surface area contributed by atoms with Gasteiger partial charge in [-0.15, -0.1) is 0 Å². The van der Waals surface area contributed by atoms with Gasteiger partial charge in [-0.3, -0.25) is 4.90 Å². The van der Waals surface area contributed by atoms with Gasteiger partial charge in [0.05, 0.1) is 17.1 Å². The average molecular weight is 612 g/mol. The summed E-state index contributed by atoms with van der Waals surface area (Å²) >= 11 is 0. The van der Waals surface area contributed by atoms with Gasteiger partial charge in [0, 0.05) is 95.2 Å². The number of aromatic carboxylic acids is 1. The number of pyridine rings is 1. The number of rotatable bonds is 16. The van der Waals surface area contributed by atoms with Crippen molar-refractivity contribution < 1.29 is 23.1 Å². The first-order chi connectivity index (χ1) is 20.7. The maximum absolute atomic E-state index is 14.1. The van der Waals surface area contributed by atoms with E-state index in [0.29, 0.717) is 37.0 Å². The van der Waals surface area contributed by atoms with Gasteiger partial charge in [-0.25, -0.2) is 18.2 Å². The van der Waals surface area contributed by atoms with Crippen molar-refractivity contribution in [3.8, 4) is 5.88 Å². The number of nitrogens with zero attached hydrogens (tertiary/aromatic N) is 5. The number of sulfonamides is 1. The van der Waals surface area contributed by atoms with E-state index < -0.39 is 16.0 Å². The normalized spacial score (nSPS) is 14.8. The number of ether oxygens (including phenoxy) is 1. The van der Waals surface area contributed by atoms with Gasteiger partial charge in [-0.1, -0.05) is 44.0 Å². The fourth-order valence-corrected chi connectivity index (χ4v) is 7.11. The molecule has 3 aromatic rings. The van der Waals surface area contributed by atoms with Crippen LogP contribution in [0.5, 0.6) is 5.88 Å². The lowest BCUT2D eigenvalue weighted by Gasteiger charge is -2.35. The van der Waals surface area contributed by atoms with E-state index in [1.54, 1.807) is 16.4 Å². The minimum Gasteiger partial charge on any atom is -0.478 e. The van der Waals surface area contributed by atoms with Crippen molar-refractivity contribution in [2.75, 3.05) is 78.0 Å². The lowest BCUT2D eigenvalue weighted by atomic mass is 10.1. The van der Waals surface area contributed by atoms with E-state index in [1.807, 2.05) is 49.3 Å². The molecule has 2 heterocycles. The Morgan fingerprint density at radius 3 is 2.23 bits per heavy atom. The smallest absolute Gasteiger partial charge is 0.337 e. The standard InChI is InChI=1S/C32H45N5O5S/c1-4-5-8-17-37(43(40,41)30-14-13-29(34(2)3)27-10-6-7-11-28(27)30)23-22-36-20-18-35(19-21-36)16-9-24-42-31-15-12-26(25-33-31)32(38)39/h6-7,10-15,25H,4-5,8-9,16-24H2,1-3H3,(H,38,39). The van der Waals surface area contributed by atoms with E-state index in [9.17, 15) is 13.2 Å². The molecule has 1 N–H and O–H groups in total. The second kappa shape index (κ2) is 15.5. The number of unbranched alkanes of at least 4 members (excludes halogenated alkanes) is 2. The fourth-order valence-electron chi connectivity index (χ4n) is 5.45. The number of hydrogen-bond donors (Lipinski definition) is 1. The van der Waals surface area contributed by atoms with Gasteiger partial charge in [0.15, 0.2) is 0 Å². The molecule has 10 nitrogen and oxygen atoms in total. The van der Waals surface area contributed by atoms with Crippen molar-refractivity contribution in [1.82, 2.24) is 19.1 Å². The first-order valence-electron chi connectivity index (χ1n) is 15.2. The maximum Gasteiger partial charge on any atom is 0.337 e. The Balaban J connectivity index is 1.30. The zero-order valence-electron chi connectivity index (χ0n) is 25.6. The molecule has 0 bridgehead atoms. The summed E-state index contributed by atoms with van der Waals surface area (Å²) in [5.41, 5.74) is 1.14. The predicted molar refractivity (Wildman–Crippen MR) is 171 cm³/mol. The van der Waals surface area contributed by atoms with E-state index in [1.165, 1.54) is 12.3 Å². The number of hydrogen-bond acceptors (Lipinski definition) is 8. The number of carboxylic acids is 1.